The van der Waals surface area contributed by atoms with E-state index in [1.165, 1.54) is 5.56 Å². The van der Waals surface area contributed by atoms with Crippen LogP contribution in [0.2, 0.25) is 5.02 Å². The second-order valence-electron chi connectivity index (χ2n) is 3.66. The number of benzene rings is 2. The lowest BCUT2D eigenvalue weighted by Gasteiger charge is -1.99. The van der Waals surface area contributed by atoms with E-state index in [4.69, 9.17) is 16.0 Å². The van der Waals surface area contributed by atoms with Crippen LogP contribution in [0.1, 0.15) is 5.56 Å². The zero-order valence-corrected chi connectivity index (χ0v) is 9.01. The number of halogens is 1. The molecule has 0 radical (unpaired) electrons. The summed E-state index contributed by atoms with van der Waals surface area (Å²) in [5.41, 5.74) is 5.02. The lowest BCUT2D eigenvalue weighted by atomic mass is 10.0. The lowest BCUT2D eigenvalue weighted by Crippen LogP contribution is -1.78. The molecule has 3 aromatic rings. The predicted octanol–water partition coefficient (Wildman–Crippen LogP) is 4.50. The Bertz CT molecular complexity index is 595. The van der Waals surface area contributed by atoms with Gasteiger partial charge < -0.3 is 4.42 Å². The van der Waals surface area contributed by atoms with Gasteiger partial charge in [0.2, 0.25) is 0 Å². The molecule has 3 rings (SSSR count). The zero-order valence-electron chi connectivity index (χ0n) is 8.25. The molecule has 2 heteroatoms. The van der Waals surface area contributed by atoms with Gasteiger partial charge in [0.1, 0.15) is 11.2 Å². The summed E-state index contributed by atoms with van der Waals surface area (Å²) < 4.78 is 5.60. The lowest BCUT2D eigenvalue weighted by molar-refractivity contribution is 0.674. The van der Waals surface area contributed by atoms with Gasteiger partial charge in [0.15, 0.2) is 0 Å². The summed E-state index contributed by atoms with van der Waals surface area (Å²) in [6.07, 6.45) is 0. The molecule has 0 amide bonds. The molecular weight excluding hydrogens is 208 g/mol. The first-order valence-corrected chi connectivity index (χ1v) is 5.21. The predicted molar refractivity (Wildman–Crippen MR) is 62.6 cm³/mol. The number of furan rings is 2. The van der Waals surface area contributed by atoms with Gasteiger partial charge in [0, 0.05) is 11.1 Å². The Balaban J connectivity index is 2.28. The second kappa shape index (κ2) is 3.01. The Morgan fingerprint density at radius 1 is 1.13 bits per heavy atom. The Labute approximate surface area is 92.6 Å². The molecule has 0 spiro atoms. The van der Waals surface area contributed by atoms with Gasteiger partial charge in [-0.1, -0.05) is 41.9 Å². The normalized spacial score (nSPS) is 11.3. The number of fused-ring (bicyclic) bond motifs is 2. The van der Waals surface area contributed by atoms with Crippen LogP contribution >= 0.6 is 11.6 Å². The molecule has 0 saturated heterocycles. The maximum absolute atomic E-state index is 6.06. The first-order chi connectivity index (χ1) is 7.27. The number of aryl methyl sites for hydroxylation is 1. The van der Waals surface area contributed by atoms with Crippen molar-refractivity contribution in [3.05, 3.63) is 47.0 Å². The molecule has 2 bridgehead atoms. The van der Waals surface area contributed by atoms with Crippen molar-refractivity contribution in [2.75, 3.05) is 0 Å². The van der Waals surface area contributed by atoms with Gasteiger partial charge in [0.25, 0.3) is 0 Å². The summed E-state index contributed by atoms with van der Waals surface area (Å²) in [6.45, 7) is 1.99. The average Bonchev–Trinajstić information content (AvgIpc) is 2.82. The van der Waals surface area contributed by atoms with Crippen molar-refractivity contribution in [1.82, 2.24) is 0 Å². The highest BCUT2D eigenvalue weighted by Gasteiger charge is 2.17. The number of hydrogen-bond donors (Lipinski definition) is 0. The van der Waals surface area contributed by atoms with Gasteiger partial charge in [-0.25, -0.2) is 0 Å². The molecule has 0 unspecified atom stereocenters. The van der Waals surface area contributed by atoms with Crippen LogP contribution in [-0.4, -0.2) is 0 Å². The highest BCUT2D eigenvalue weighted by atomic mass is 35.5. The fraction of sp³-hybridized carbons (Fsp3) is 0.0769. The molecule has 0 fully saturated rings. The Hall–Kier alpha value is -1.47. The minimum Gasteiger partial charge on any atom is -0.455 e. The van der Waals surface area contributed by atoms with Gasteiger partial charge in [0.05, 0.1) is 5.02 Å². The van der Waals surface area contributed by atoms with Crippen LogP contribution in [0.25, 0.3) is 22.3 Å². The Morgan fingerprint density at radius 2 is 1.87 bits per heavy atom. The maximum Gasteiger partial charge on any atom is 0.147 e. The molecular formula is C13H9ClO. The highest BCUT2D eigenvalue weighted by Crippen LogP contribution is 2.40. The van der Waals surface area contributed by atoms with Crippen LogP contribution in [0.5, 0.6) is 0 Å². The molecule has 74 valence electrons. The SMILES string of the molecule is Cc1c(Cl)c2cc(-c3ccccc3)c1o2. The zero-order chi connectivity index (χ0) is 10.4. The minimum absolute atomic E-state index is 0.740. The average molecular weight is 217 g/mol. The van der Waals surface area contributed by atoms with Gasteiger partial charge in [-0.3, -0.25) is 0 Å². The van der Waals surface area contributed by atoms with Crippen LogP contribution in [0.15, 0.2) is 40.8 Å². The van der Waals surface area contributed by atoms with Crippen molar-refractivity contribution >= 4 is 22.8 Å². The van der Waals surface area contributed by atoms with Gasteiger partial charge >= 0.3 is 0 Å². The monoisotopic (exact) mass is 216 g/mol. The van der Waals surface area contributed by atoms with E-state index in [9.17, 15) is 0 Å². The molecule has 0 aliphatic carbocycles. The summed E-state index contributed by atoms with van der Waals surface area (Å²) >= 11 is 6.06. The fourth-order valence-electron chi connectivity index (χ4n) is 1.89. The first-order valence-electron chi connectivity index (χ1n) is 4.84. The number of rotatable bonds is 1. The van der Waals surface area contributed by atoms with Crippen molar-refractivity contribution in [3.63, 3.8) is 0 Å². The molecule has 0 aliphatic heterocycles. The Kier molecular flexibility index (Phi) is 1.77. The molecule has 2 aromatic heterocycles. The summed E-state index contributed by atoms with van der Waals surface area (Å²) in [5.74, 6) is 0. The molecule has 1 aromatic carbocycles. The molecule has 0 saturated carbocycles. The topological polar surface area (TPSA) is 13.1 Å². The van der Waals surface area contributed by atoms with Crippen LogP contribution < -0.4 is 0 Å². The fourth-order valence-corrected chi connectivity index (χ4v) is 2.07. The van der Waals surface area contributed by atoms with E-state index >= 15 is 0 Å². The summed E-state index contributed by atoms with van der Waals surface area (Å²) in [4.78, 5) is 0. The van der Waals surface area contributed by atoms with Crippen molar-refractivity contribution in [2.45, 2.75) is 6.92 Å². The van der Waals surface area contributed by atoms with Crippen molar-refractivity contribution in [2.24, 2.45) is 0 Å². The largest absolute Gasteiger partial charge is 0.455 e. The first kappa shape index (κ1) is 8.81. The summed E-state index contributed by atoms with van der Waals surface area (Å²) in [7, 11) is 0. The molecule has 0 atom stereocenters. The summed E-state index contributed by atoms with van der Waals surface area (Å²) in [6, 6.07) is 12.2. The molecule has 0 aliphatic rings. The third-order valence-electron chi connectivity index (χ3n) is 2.70. The van der Waals surface area contributed by atoms with Crippen LogP contribution in [0.3, 0.4) is 0 Å². The van der Waals surface area contributed by atoms with Crippen molar-refractivity contribution < 1.29 is 4.42 Å². The van der Waals surface area contributed by atoms with Crippen molar-refractivity contribution in [1.29, 1.82) is 0 Å². The van der Waals surface area contributed by atoms with Gasteiger partial charge in [-0.15, -0.1) is 0 Å². The third kappa shape index (κ3) is 1.17. The van der Waals surface area contributed by atoms with E-state index in [1.807, 2.05) is 31.2 Å². The van der Waals surface area contributed by atoms with Crippen molar-refractivity contribution in [3.8, 4) is 11.1 Å². The van der Waals surface area contributed by atoms with Crippen LogP contribution in [-0.2, 0) is 0 Å². The summed E-state index contributed by atoms with van der Waals surface area (Å²) in [5, 5.41) is 0.740. The highest BCUT2D eigenvalue weighted by molar-refractivity contribution is 6.35. The maximum atomic E-state index is 6.06. The van der Waals surface area contributed by atoms with E-state index in [1.54, 1.807) is 0 Å². The van der Waals surface area contributed by atoms with E-state index in [0.29, 0.717) is 0 Å². The van der Waals surface area contributed by atoms with Gasteiger partial charge in [-0.2, -0.15) is 0 Å². The standard InChI is InChI=1S/C13H9ClO/c1-8-12(14)11-7-10(13(8)15-11)9-5-3-2-4-6-9/h2-7H,1H3. The number of hydrogen-bond acceptors (Lipinski definition) is 1. The third-order valence-corrected chi connectivity index (χ3v) is 3.17. The molecule has 2 heterocycles. The molecule has 1 nitrogen and oxygen atoms in total. The Morgan fingerprint density at radius 3 is 2.47 bits per heavy atom. The van der Waals surface area contributed by atoms with E-state index in [2.05, 4.69) is 12.1 Å². The quantitative estimate of drug-likeness (QED) is 0.584. The molecule has 0 N–H and O–H groups in total. The van der Waals surface area contributed by atoms with Crippen LogP contribution in [0.4, 0.5) is 0 Å². The van der Waals surface area contributed by atoms with E-state index in [-0.39, 0.29) is 0 Å². The van der Waals surface area contributed by atoms with E-state index < -0.39 is 0 Å². The van der Waals surface area contributed by atoms with E-state index in [0.717, 1.165) is 27.3 Å². The molecule has 15 heavy (non-hydrogen) atoms. The van der Waals surface area contributed by atoms with Gasteiger partial charge in [-0.05, 0) is 18.6 Å². The van der Waals surface area contributed by atoms with Crippen LogP contribution in [0, 0.1) is 6.92 Å². The smallest absolute Gasteiger partial charge is 0.147 e. The minimum atomic E-state index is 0.740. The second-order valence-corrected chi connectivity index (χ2v) is 4.04.